The van der Waals surface area contributed by atoms with Crippen molar-refractivity contribution in [1.29, 1.82) is 0 Å². The molecule has 0 unspecified atom stereocenters. The van der Waals surface area contributed by atoms with Crippen LogP contribution in [0.3, 0.4) is 0 Å². The molecule has 0 aliphatic heterocycles. The van der Waals surface area contributed by atoms with Gasteiger partial charge in [0.05, 0.1) is 18.8 Å². The Kier molecular flexibility index (Phi) is 12.1. The van der Waals surface area contributed by atoms with Gasteiger partial charge >= 0.3 is 5.97 Å². The second-order valence-corrected chi connectivity index (χ2v) is 4.28. The maximum Gasteiger partial charge on any atom is 0.335 e. The summed E-state index contributed by atoms with van der Waals surface area (Å²) in [6.45, 7) is 0.944. The summed E-state index contributed by atoms with van der Waals surface area (Å²) in [4.78, 5) is 10.8. The third kappa shape index (κ3) is 9.38. The molecular weight excluding hydrogens is 296 g/mol. The number of aromatic carboxylic acids is 1. The number of rotatable bonds is 4. The van der Waals surface area contributed by atoms with E-state index in [4.69, 9.17) is 26.8 Å². The summed E-state index contributed by atoms with van der Waals surface area (Å²) >= 11 is 0. The minimum Gasteiger partial charge on any atom is -0.478 e. The van der Waals surface area contributed by atoms with Crippen molar-refractivity contribution in [2.45, 2.75) is 0 Å². The van der Waals surface area contributed by atoms with E-state index in [1.807, 2.05) is 36.4 Å². The molecule has 0 radical (unpaired) electrons. The highest BCUT2D eigenvalue weighted by Crippen LogP contribution is 2.19. The molecule has 7 N–H and O–H groups in total. The number of carboxylic acids is 1. The molecule has 126 valence electrons. The molecule has 2 rings (SSSR count). The average molecular weight is 320 g/mol. The monoisotopic (exact) mass is 320 g/mol. The molecular formula is C17H24N2O4. The summed E-state index contributed by atoms with van der Waals surface area (Å²) in [5, 5.41) is 24.4. The molecule has 0 heterocycles. The summed E-state index contributed by atoms with van der Waals surface area (Å²) < 4.78 is 0. The lowest BCUT2D eigenvalue weighted by Crippen LogP contribution is -2.02. The molecule has 0 fully saturated rings. The number of aliphatic hydroxyl groups is 2. The fourth-order valence-corrected chi connectivity index (χ4v) is 1.46. The Hall–Kier alpha value is -2.25. The van der Waals surface area contributed by atoms with Crippen LogP contribution in [0.2, 0.25) is 0 Å². The van der Waals surface area contributed by atoms with Crippen LogP contribution in [-0.4, -0.2) is 47.6 Å². The minimum atomic E-state index is -0.896. The molecule has 6 nitrogen and oxygen atoms in total. The Morgan fingerprint density at radius 2 is 1.30 bits per heavy atom. The highest BCUT2D eigenvalue weighted by molar-refractivity contribution is 5.89. The molecule has 23 heavy (non-hydrogen) atoms. The second-order valence-electron chi connectivity index (χ2n) is 4.28. The third-order valence-electron chi connectivity index (χ3n) is 2.47. The van der Waals surface area contributed by atoms with Crippen LogP contribution in [0.25, 0.3) is 11.1 Å². The van der Waals surface area contributed by atoms with Crippen LogP contribution in [-0.2, 0) is 0 Å². The van der Waals surface area contributed by atoms with Crippen molar-refractivity contribution in [3.8, 4) is 11.1 Å². The zero-order valence-electron chi connectivity index (χ0n) is 12.9. The first-order valence-electron chi connectivity index (χ1n) is 7.11. The van der Waals surface area contributed by atoms with Crippen molar-refractivity contribution in [1.82, 2.24) is 0 Å². The topological polar surface area (TPSA) is 130 Å². The standard InChI is InChI=1S/C13H10O2.2C2H7NO/c14-13(15)12-8-4-7-11(9-12)10-5-2-1-3-6-10;2*3-1-2-4/h1-9H,(H,14,15);2*4H,1-3H2. The summed E-state index contributed by atoms with van der Waals surface area (Å²) in [5.74, 6) is -0.896. The number of benzene rings is 2. The predicted octanol–water partition coefficient (Wildman–Crippen LogP) is 0.927. The number of hydrogen-bond acceptors (Lipinski definition) is 5. The van der Waals surface area contributed by atoms with E-state index in [9.17, 15) is 4.79 Å². The van der Waals surface area contributed by atoms with E-state index >= 15 is 0 Å². The van der Waals surface area contributed by atoms with Crippen LogP contribution in [0.4, 0.5) is 0 Å². The zero-order chi connectivity index (χ0) is 17.5. The number of carbonyl (C=O) groups is 1. The number of hydrogen-bond donors (Lipinski definition) is 5. The lowest BCUT2D eigenvalue weighted by molar-refractivity contribution is 0.0697. The van der Waals surface area contributed by atoms with Crippen LogP contribution >= 0.6 is 0 Å². The van der Waals surface area contributed by atoms with Gasteiger partial charge in [0.25, 0.3) is 0 Å². The molecule has 0 saturated carbocycles. The predicted molar refractivity (Wildman–Crippen MR) is 91.1 cm³/mol. The molecule has 0 atom stereocenters. The van der Waals surface area contributed by atoms with E-state index in [0.717, 1.165) is 11.1 Å². The molecule has 0 amide bonds. The Morgan fingerprint density at radius 3 is 1.74 bits per heavy atom. The van der Waals surface area contributed by atoms with Gasteiger partial charge in [-0.1, -0.05) is 42.5 Å². The Morgan fingerprint density at radius 1 is 0.826 bits per heavy atom. The summed E-state index contributed by atoms with van der Waals surface area (Å²) in [7, 11) is 0. The van der Waals surface area contributed by atoms with E-state index in [-0.39, 0.29) is 13.2 Å². The van der Waals surface area contributed by atoms with E-state index in [1.165, 1.54) is 0 Å². The fraction of sp³-hybridized carbons (Fsp3) is 0.235. The zero-order valence-corrected chi connectivity index (χ0v) is 12.9. The quantitative estimate of drug-likeness (QED) is 0.570. The van der Waals surface area contributed by atoms with Crippen molar-refractivity contribution in [3.63, 3.8) is 0 Å². The highest BCUT2D eigenvalue weighted by atomic mass is 16.4. The smallest absolute Gasteiger partial charge is 0.335 e. The summed E-state index contributed by atoms with van der Waals surface area (Å²) in [6.07, 6.45) is 0. The number of aliphatic hydroxyl groups excluding tert-OH is 2. The van der Waals surface area contributed by atoms with Crippen LogP contribution in [0.1, 0.15) is 10.4 Å². The van der Waals surface area contributed by atoms with Gasteiger partial charge in [-0.25, -0.2) is 4.79 Å². The Bertz CT molecular complexity index is 539. The van der Waals surface area contributed by atoms with E-state index in [1.54, 1.807) is 18.2 Å². The van der Waals surface area contributed by atoms with Gasteiger partial charge in [0.1, 0.15) is 0 Å². The van der Waals surface area contributed by atoms with Gasteiger partial charge < -0.3 is 26.8 Å². The molecule has 0 saturated heterocycles. The molecule has 0 aliphatic rings. The number of carboxylic acid groups (broad SMARTS) is 1. The van der Waals surface area contributed by atoms with E-state index in [2.05, 4.69) is 0 Å². The first kappa shape index (κ1) is 20.8. The van der Waals surface area contributed by atoms with Crippen LogP contribution in [0, 0.1) is 0 Å². The van der Waals surface area contributed by atoms with Gasteiger partial charge in [-0.15, -0.1) is 0 Å². The van der Waals surface area contributed by atoms with Crippen molar-refractivity contribution in [2.75, 3.05) is 26.3 Å². The number of nitrogens with two attached hydrogens (primary N) is 2. The lowest BCUT2D eigenvalue weighted by atomic mass is 10.0. The SMILES string of the molecule is NCCO.NCCO.O=C(O)c1cccc(-c2ccccc2)c1. The van der Waals surface area contributed by atoms with E-state index in [0.29, 0.717) is 18.7 Å². The Balaban J connectivity index is 0.000000509. The minimum absolute atomic E-state index is 0.0972. The van der Waals surface area contributed by atoms with Gasteiger partial charge in [-0.05, 0) is 23.3 Å². The second kappa shape index (κ2) is 13.4. The van der Waals surface area contributed by atoms with E-state index < -0.39 is 5.97 Å². The van der Waals surface area contributed by atoms with Gasteiger partial charge in [0.2, 0.25) is 0 Å². The summed E-state index contributed by atoms with van der Waals surface area (Å²) in [5.41, 5.74) is 11.8. The van der Waals surface area contributed by atoms with Gasteiger partial charge in [-0.3, -0.25) is 0 Å². The van der Waals surface area contributed by atoms with Crippen LogP contribution < -0.4 is 11.5 Å². The maximum absolute atomic E-state index is 10.8. The maximum atomic E-state index is 10.8. The van der Waals surface area contributed by atoms with Gasteiger partial charge in [0, 0.05) is 13.1 Å². The Labute approximate surface area is 136 Å². The average Bonchev–Trinajstić information content (AvgIpc) is 2.63. The fourth-order valence-electron chi connectivity index (χ4n) is 1.46. The van der Waals surface area contributed by atoms with Crippen LogP contribution in [0.15, 0.2) is 54.6 Å². The molecule has 0 bridgehead atoms. The summed E-state index contributed by atoms with van der Waals surface area (Å²) in [6, 6.07) is 16.7. The largest absolute Gasteiger partial charge is 0.478 e. The van der Waals surface area contributed by atoms with Gasteiger partial charge in [-0.2, -0.15) is 0 Å². The van der Waals surface area contributed by atoms with Crippen molar-refractivity contribution in [2.24, 2.45) is 11.5 Å². The first-order valence-corrected chi connectivity index (χ1v) is 7.11. The molecule has 0 spiro atoms. The van der Waals surface area contributed by atoms with Crippen molar-refractivity contribution < 1.29 is 20.1 Å². The first-order chi connectivity index (χ1) is 11.1. The van der Waals surface area contributed by atoms with Crippen molar-refractivity contribution in [3.05, 3.63) is 60.2 Å². The molecule has 2 aromatic rings. The van der Waals surface area contributed by atoms with Gasteiger partial charge in [0.15, 0.2) is 0 Å². The third-order valence-corrected chi connectivity index (χ3v) is 2.47. The lowest BCUT2D eigenvalue weighted by Gasteiger charge is -2.02. The van der Waals surface area contributed by atoms with Crippen LogP contribution in [0.5, 0.6) is 0 Å². The normalized spacial score (nSPS) is 9.04. The molecule has 0 aliphatic carbocycles. The van der Waals surface area contributed by atoms with Crippen molar-refractivity contribution >= 4 is 5.97 Å². The highest BCUT2D eigenvalue weighted by Gasteiger charge is 2.03. The molecule has 0 aromatic heterocycles. The molecule has 2 aromatic carbocycles. The molecule has 6 heteroatoms.